The molecule has 0 N–H and O–H groups in total. The van der Waals surface area contributed by atoms with Crippen LogP contribution in [0.3, 0.4) is 0 Å². The van der Waals surface area contributed by atoms with Crippen LogP contribution in [0.25, 0.3) is 0 Å². The van der Waals surface area contributed by atoms with E-state index in [2.05, 4.69) is 39.5 Å². The maximum atomic E-state index is 12.2. The number of piperidine rings is 1. The molecule has 0 radical (unpaired) electrons. The molecule has 9 atom stereocenters. The Kier molecular flexibility index (Phi) is 8.92. The molecule has 0 aromatic carbocycles. The highest BCUT2D eigenvalue weighted by Gasteiger charge is 2.59. The first-order valence-electron chi connectivity index (χ1n) is 17.3. The molecule has 230 valence electrons. The zero-order chi connectivity index (χ0) is 28.8. The van der Waals surface area contributed by atoms with Gasteiger partial charge in [0.15, 0.2) is 5.78 Å². The van der Waals surface area contributed by atoms with Crippen molar-refractivity contribution in [3.8, 4) is 0 Å². The van der Waals surface area contributed by atoms with E-state index in [4.69, 9.17) is 14.2 Å². The Bertz CT molecular complexity index is 1030. The highest BCUT2D eigenvalue weighted by molar-refractivity contribution is 5.91. The molecule has 0 bridgehead atoms. The SMILES string of the molecule is CCCCOCCOCCN1C[C@@H](C)C[C@H]2O[C@]3(CC[C@@H]4C(=C(C)C3)C[C@H]3[C@H]4CCC4=CC(=O)CC[C@@]43C)[C@H](C)[C@@H]21. The fourth-order valence-electron chi connectivity index (χ4n) is 10.5. The van der Waals surface area contributed by atoms with Crippen molar-refractivity contribution in [1.29, 1.82) is 0 Å². The molecule has 4 fully saturated rings. The second kappa shape index (κ2) is 12.2. The normalized spacial score (nSPS) is 42.5. The summed E-state index contributed by atoms with van der Waals surface area (Å²) < 4.78 is 19.0. The fourth-order valence-corrected chi connectivity index (χ4v) is 10.5. The van der Waals surface area contributed by atoms with E-state index in [1.165, 1.54) is 44.1 Å². The van der Waals surface area contributed by atoms with E-state index in [-0.39, 0.29) is 11.0 Å². The van der Waals surface area contributed by atoms with Crippen LogP contribution in [0, 0.1) is 35.0 Å². The third-order valence-corrected chi connectivity index (χ3v) is 12.7. The van der Waals surface area contributed by atoms with Crippen molar-refractivity contribution in [3.05, 3.63) is 22.8 Å². The number of hydrogen-bond donors (Lipinski definition) is 0. The smallest absolute Gasteiger partial charge is 0.155 e. The van der Waals surface area contributed by atoms with Gasteiger partial charge < -0.3 is 14.2 Å². The van der Waals surface area contributed by atoms with E-state index in [9.17, 15) is 4.79 Å². The summed E-state index contributed by atoms with van der Waals surface area (Å²) in [5.74, 6) is 3.78. The van der Waals surface area contributed by atoms with Crippen LogP contribution in [-0.4, -0.2) is 67.9 Å². The minimum atomic E-state index is -0.0244. The average Bonchev–Trinajstić information content (AvgIpc) is 3.40. The number of ether oxygens (including phenoxy) is 3. The van der Waals surface area contributed by atoms with Gasteiger partial charge >= 0.3 is 0 Å². The number of fused-ring (bicyclic) bond motifs is 6. The lowest BCUT2D eigenvalue weighted by Gasteiger charge is -2.48. The molecule has 2 heterocycles. The highest BCUT2D eigenvalue weighted by atomic mass is 16.5. The van der Waals surface area contributed by atoms with Crippen LogP contribution in [0.2, 0.25) is 0 Å². The van der Waals surface area contributed by atoms with E-state index in [0.29, 0.717) is 43.0 Å². The van der Waals surface area contributed by atoms with Gasteiger partial charge in [-0.05, 0) is 99.9 Å². The second-order valence-corrected chi connectivity index (χ2v) is 15.1. The van der Waals surface area contributed by atoms with E-state index in [1.54, 1.807) is 11.1 Å². The lowest BCUT2D eigenvalue weighted by Crippen LogP contribution is -2.52. The van der Waals surface area contributed by atoms with E-state index >= 15 is 0 Å². The Labute approximate surface area is 249 Å². The second-order valence-electron chi connectivity index (χ2n) is 15.1. The molecule has 5 nitrogen and oxygen atoms in total. The van der Waals surface area contributed by atoms with Crippen LogP contribution in [-0.2, 0) is 19.0 Å². The summed E-state index contributed by atoms with van der Waals surface area (Å²) in [5.41, 5.74) is 5.10. The van der Waals surface area contributed by atoms with Crippen LogP contribution in [0.15, 0.2) is 22.8 Å². The highest BCUT2D eigenvalue weighted by Crippen LogP contribution is 2.64. The lowest BCUT2D eigenvalue weighted by molar-refractivity contribution is -0.116. The standard InChI is InChI=1S/C36H57NO4/c1-6-7-15-39-17-18-40-16-14-37-23-24(2)19-33-34(37)26(4)36(41-33)13-11-29-30-9-8-27-20-28(38)10-12-35(27,5)32(30)21-31(29)25(3)22-36/h20,24,26,29-30,32-34H,6-19,21-23H2,1-5H3/t24-,26+,29-,30-,32-,33+,34-,35-,36-/m0/s1. The summed E-state index contributed by atoms with van der Waals surface area (Å²) in [6.07, 6.45) is 14.9. The molecule has 2 saturated carbocycles. The van der Waals surface area contributed by atoms with Gasteiger partial charge in [-0.3, -0.25) is 9.69 Å². The third kappa shape index (κ3) is 5.56. The molecule has 0 aromatic rings. The van der Waals surface area contributed by atoms with Crippen molar-refractivity contribution in [2.24, 2.45) is 35.0 Å². The summed E-state index contributed by atoms with van der Waals surface area (Å²) in [7, 11) is 0. The number of rotatable bonds is 9. The van der Waals surface area contributed by atoms with E-state index < -0.39 is 0 Å². The molecule has 1 spiro atoms. The molecular formula is C36H57NO4. The summed E-state index contributed by atoms with van der Waals surface area (Å²) in [4.78, 5) is 15.0. The van der Waals surface area contributed by atoms with Gasteiger partial charge in [0.2, 0.25) is 0 Å². The maximum Gasteiger partial charge on any atom is 0.155 e. The number of carbonyl (C=O) groups is 1. The third-order valence-electron chi connectivity index (χ3n) is 12.7. The van der Waals surface area contributed by atoms with Gasteiger partial charge in [0.1, 0.15) is 0 Å². The molecular weight excluding hydrogens is 510 g/mol. The number of carbonyl (C=O) groups excluding carboxylic acids is 1. The Morgan fingerprint density at radius 2 is 1.88 bits per heavy atom. The van der Waals surface area contributed by atoms with E-state index in [1.807, 2.05) is 6.08 Å². The zero-order valence-electron chi connectivity index (χ0n) is 26.7. The first-order valence-corrected chi connectivity index (χ1v) is 17.3. The number of hydrogen-bond acceptors (Lipinski definition) is 5. The molecule has 0 amide bonds. The van der Waals surface area contributed by atoms with Crippen molar-refractivity contribution >= 4 is 5.78 Å². The molecule has 2 aliphatic heterocycles. The number of nitrogens with zero attached hydrogens (tertiary/aromatic N) is 1. The van der Waals surface area contributed by atoms with Crippen molar-refractivity contribution in [2.75, 3.05) is 39.5 Å². The van der Waals surface area contributed by atoms with Crippen molar-refractivity contribution in [2.45, 2.75) is 123 Å². The predicted octanol–water partition coefficient (Wildman–Crippen LogP) is 7.15. The minimum absolute atomic E-state index is 0.0244. The molecule has 41 heavy (non-hydrogen) atoms. The van der Waals surface area contributed by atoms with Crippen molar-refractivity contribution in [1.82, 2.24) is 4.90 Å². The largest absolute Gasteiger partial charge is 0.379 e. The van der Waals surface area contributed by atoms with Gasteiger partial charge in [-0.15, -0.1) is 0 Å². The van der Waals surface area contributed by atoms with Gasteiger partial charge in [-0.25, -0.2) is 0 Å². The van der Waals surface area contributed by atoms with Crippen LogP contribution in [0.1, 0.15) is 105 Å². The first kappa shape index (κ1) is 30.0. The molecule has 6 rings (SSSR count). The van der Waals surface area contributed by atoms with Gasteiger partial charge in [-0.1, -0.05) is 50.8 Å². The quantitative estimate of drug-likeness (QED) is 0.219. The minimum Gasteiger partial charge on any atom is -0.379 e. The van der Waals surface area contributed by atoms with Gasteiger partial charge in [-0.2, -0.15) is 0 Å². The Hall–Kier alpha value is -1.01. The van der Waals surface area contributed by atoms with Crippen molar-refractivity contribution in [3.63, 3.8) is 0 Å². The topological polar surface area (TPSA) is 48.0 Å². The Morgan fingerprint density at radius 3 is 2.68 bits per heavy atom. The molecule has 0 aromatic heterocycles. The lowest BCUT2D eigenvalue weighted by atomic mass is 9.56. The van der Waals surface area contributed by atoms with E-state index in [0.717, 1.165) is 76.2 Å². The molecule has 0 unspecified atom stereocenters. The fraction of sp³-hybridized carbons (Fsp3) is 0.861. The monoisotopic (exact) mass is 567 g/mol. The number of likely N-dealkylation sites (tertiary alicyclic amines) is 1. The Morgan fingerprint density at radius 1 is 1.07 bits per heavy atom. The summed E-state index contributed by atoms with van der Waals surface area (Å²) >= 11 is 0. The molecule has 4 aliphatic carbocycles. The van der Waals surface area contributed by atoms with Gasteiger partial charge in [0.25, 0.3) is 0 Å². The summed E-state index contributed by atoms with van der Waals surface area (Å²) in [5, 5.41) is 0. The maximum absolute atomic E-state index is 12.2. The average molecular weight is 568 g/mol. The van der Waals surface area contributed by atoms with Crippen molar-refractivity contribution < 1.29 is 19.0 Å². The Balaban J connectivity index is 1.13. The van der Waals surface area contributed by atoms with Gasteiger partial charge in [0, 0.05) is 38.1 Å². The van der Waals surface area contributed by atoms with Crippen LogP contribution < -0.4 is 0 Å². The van der Waals surface area contributed by atoms with Crippen LogP contribution >= 0.6 is 0 Å². The molecule has 2 saturated heterocycles. The zero-order valence-corrected chi connectivity index (χ0v) is 26.7. The number of ketones is 1. The number of allylic oxidation sites excluding steroid dienone is 3. The van der Waals surface area contributed by atoms with Crippen LogP contribution in [0.4, 0.5) is 0 Å². The summed E-state index contributed by atoms with van der Waals surface area (Å²) in [6, 6.07) is 0.500. The number of unbranched alkanes of at least 4 members (excludes halogenated alkanes) is 1. The van der Waals surface area contributed by atoms with Crippen LogP contribution in [0.5, 0.6) is 0 Å². The van der Waals surface area contributed by atoms with Gasteiger partial charge in [0.05, 0.1) is 31.5 Å². The summed E-state index contributed by atoms with van der Waals surface area (Å²) in [6.45, 7) is 17.2. The molecule has 5 heteroatoms. The first-order chi connectivity index (χ1) is 19.8. The predicted molar refractivity (Wildman–Crippen MR) is 164 cm³/mol. The molecule has 6 aliphatic rings.